The third-order valence-corrected chi connectivity index (χ3v) is 1.82. The van der Waals surface area contributed by atoms with E-state index in [1.165, 1.54) is 5.57 Å². The van der Waals surface area contributed by atoms with Gasteiger partial charge in [0.05, 0.1) is 6.10 Å². The van der Waals surface area contributed by atoms with Crippen LogP contribution in [0.4, 0.5) is 0 Å². The van der Waals surface area contributed by atoms with Crippen molar-refractivity contribution in [2.45, 2.75) is 39.2 Å². The van der Waals surface area contributed by atoms with Gasteiger partial charge in [-0.2, -0.15) is 0 Å². The average Bonchev–Trinajstić information content (AvgIpc) is 2.07. The molecule has 0 aromatic heterocycles. The lowest BCUT2D eigenvalue weighted by Gasteiger charge is -2.06. The van der Waals surface area contributed by atoms with E-state index in [-0.39, 0.29) is 6.10 Å². The van der Waals surface area contributed by atoms with Crippen molar-refractivity contribution in [2.75, 3.05) is 7.11 Å². The number of ether oxygens (including phenoxy) is 1. The van der Waals surface area contributed by atoms with Crippen LogP contribution in [0.15, 0.2) is 24.3 Å². The monoisotopic (exact) mass is 168 g/mol. The minimum atomic E-state index is 0.249. The summed E-state index contributed by atoms with van der Waals surface area (Å²) in [6, 6.07) is 0. The summed E-state index contributed by atoms with van der Waals surface area (Å²) >= 11 is 0. The molecule has 0 aliphatic carbocycles. The molecule has 0 aromatic carbocycles. The molecule has 0 rings (SSSR count). The van der Waals surface area contributed by atoms with Crippen LogP contribution in [0.3, 0.4) is 0 Å². The third-order valence-electron chi connectivity index (χ3n) is 1.82. The molecule has 1 nitrogen and oxygen atoms in total. The molecular formula is C11H20O. The Morgan fingerprint density at radius 1 is 1.50 bits per heavy atom. The van der Waals surface area contributed by atoms with Gasteiger partial charge in [-0.15, -0.1) is 0 Å². The fourth-order valence-electron chi connectivity index (χ4n) is 1.03. The number of hydrogen-bond acceptors (Lipinski definition) is 1. The van der Waals surface area contributed by atoms with Gasteiger partial charge in [-0.3, -0.25) is 0 Å². The number of hydrogen-bond donors (Lipinski definition) is 0. The second kappa shape index (κ2) is 7.11. The van der Waals surface area contributed by atoms with Gasteiger partial charge in [0.25, 0.3) is 0 Å². The van der Waals surface area contributed by atoms with E-state index in [0.717, 1.165) is 19.3 Å². The maximum absolute atomic E-state index is 5.20. The van der Waals surface area contributed by atoms with Crippen LogP contribution in [0.1, 0.15) is 33.1 Å². The summed E-state index contributed by atoms with van der Waals surface area (Å²) < 4.78 is 5.20. The van der Waals surface area contributed by atoms with Crippen LogP contribution in [-0.2, 0) is 4.74 Å². The molecule has 1 atom stereocenters. The molecule has 0 bridgehead atoms. The van der Waals surface area contributed by atoms with Crippen LogP contribution in [0, 0.1) is 0 Å². The van der Waals surface area contributed by atoms with Gasteiger partial charge in [0, 0.05) is 7.11 Å². The van der Waals surface area contributed by atoms with Crippen LogP contribution < -0.4 is 0 Å². The Bertz CT molecular complexity index is 143. The normalized spacial score (nSPS) is 13.6. The zero-order chi connectivity index (χ0) is 9.40. The van der Waals surface area contributed by atoms with Gasteiger partial charge in [0.2, 0.25) is 0 Å². The molecule has 1 heteroatoms. The molecule has 0 unspecified atom stereocenters. The van der Waals surface area contributed by atoms with Crippen LogP contribution in [0.2, 0.25) is 0 Å². The third kappa shape index (κ3) is 5.14. The maximum atomic E-state index is 5.20. The zero-order valence-electron chi connectivity index (χ0n) is 8.47. The number of rotatable bonds is 6. The van der Waals surface area contributed by atoms with E-state index in [1.807, 2.05) is 0 Å². The summed E-state index contributed by atoms with van der Waals surface area (Å²) in [4.78, 5) is 0. The molecule has 0 saturated carbocycles. The lowest BCUT2D eigenvalue weighted by molar-refractivity contribution is 0.138. The molecule has 0 heterocycles. The van der Waals surface area contributed by atoms with E-state index in [2.05, 4.69) is 32.6 Å². The second-order valence-corrected chi connectivity index (χ2v) is 2.95. The molecular weight excluding hydrogens is 148 g/mol. The Morgan fingerprint density at radius 3 is 2.58 bits per heavy atom. The summed E-state index contributed by atoms with van der Waals surface area (Å²) in [5.41, 5.74) is 1.19. The highest BCUT2D eigenvalue weighted by molar-refractivity contribution is 5.15. The summed E-state index contributed by atoms with van der Waals surface area (Å²) in [5, 5.41) is 0. The van der Waals surface area contributed by atoms with E-state index in [1.54, 1.807) is 7.11 Å². The van der Waals surface area contributed by atoms with Gasteiger partial charge in [0.15, 0.2) is 0 Å². The van der Waals surface area contributed by atoms with Crippen molar-refractivity contribution in [2.24, 2.45) is 0 Å². The first-order chi connectivity index (χ1) is 5.74. The van der Waals surface area contributed by atoms with Gasteiger partial charge in [-0.05, 0) is 12.8 Å². The molecule has 0 aromatic rings. The minimum absolute atomic E-state index is 0.249. The molecule has 0 radical (unpaired) electrons. The molecule has 0 fully saturated rings. The first-order valence-corrected chi connectivity index (χ1v) is 4.63. The highest BCUT2D eigenvalue weighted by Crippen LogP contribution is 2.06. The summed E-state index contributed by atoms with van der Waals surface area (Å²) in [6.07, 6.45) is 7.66. The first-order valence-electron chi connectivity index (χ1n) is 4.63. The number of allylic oxidation sites excluding steroid dienone is 2. The van der Waals surface area contributed by atoms with E-state index in [0.29, 0.717) is 0 Å². The Kier molecular flexibility index (Phi) is 6.78. The molecule has 0 amide bonds. The summed E-state index contributed by atoms with van der Waals surface area (Å²) in [5.74, 6) is 0. The Labute approximate surface area is 76.1 Å². The van der Waals surface area contributed by atoms with E-state index in [4.69, 9.17) is 4.74 Å². The van der Waals surface area contributed by atoms with Crippen molar-refractivity contribution in [3.63, 3.8) is 0 Å². The van der Waals surface area contributed by atoms with Crippen LogP contribution in [-0.4, -0.2) is 13.2 Å². The van der Waals surface area contributed by atoms with E-state index in [9.17, 15) is 0 Å². The fourth-order valence-corrected chi connectivity index (χ4v) is 1.03. The lowest BCUT2D eigenvalue weighted by Crippen LogP contribution is -2.03. The Morgan fingerprint density at radius 2 is 2.17 bits per heavy atom. The maximum Gasteiger partial charge on any atom is 0.0752 e. The Balaban J connectivity index is 3.78. The molecule has 0 aliphatic rings. The standard InChI is InChI=1S/C11H20O/c1-5-7-10(3)8-9-11(6-2)12-4/h8-9,11H,3,5-7H2,1-2,4H3/b9-8-/t11-/m0/s1. The van der Waals surface area contributed by atoms with E-state index < -0.39 is 0 Å². The largest absolute Gasteiger partial charge is 0.377 e. The first kappa shape index (κ1) is 11.4. The minimum Gasteiger partial charge on any atom is -0.377 e. The van der Waals surface area contributed by atoms with Crippen molar-refractivity contribution >= 4 is 0 Å². The summed E-state index contributed by atoms with van der Waals surface area (Å²) in [7, 11) is 1.74. The molecule has 70 valence electrons. The van der Waals surface area contributed by atoms with Gasteiger partial charge in [0.1, 0.15) is 0 Å². The van der Waals surface area contributed by atoms with Crippen molar-refractivity contribution in [1.29, 1.82) is 0 Å². The summed E-state index contributed by atoms with van der Waals surface area (Å²) in [6.45, 7) is 8.21. The van der Waals surface area contributed by atoms with Gasteiger partial charge in [-0.25, -0.2) is 0 Å². The van der Waals surface area contributed by atoms with E-state index >= 15 is 0 Å². The van der Waals surface area contributed by atoms with Gasteiger partial charge >= 0.3 is 0 Å². The Hall–Kier alpha value is -0.560. The van der Waals surface area contributed by atoms with Crippen molar-refractivity contribution in [3.05, 3.63) is 24.3 Å². The lowest BCUT2D eigenvalue weighted by atomic mass is 10.1. The number of methoxy groups -OCH3 is 1. The zero-order valence-corrected chi connectivity index (χ0v) is 8.47. The van der Waals surface area contributed by atoms with Crippen molar-refractivity contribution < 1.29 is 4.74 Å². The molecule has 12 heavy (non-hydrogen) atoms. The molecule has 0 N–H and O–H groups in total. The van der Waals surface area contributed by atoms with Crippen molar-refractivity contribution in [3.8, 4) is 0 Å². The predicted octanol–water partition coefficient (Wildman–Crippen LogP) is 3.32. The quantitative estimate of drug-likeness (QED) is 0.553. The topological polar surface area (TPSA) is 9.23 Å². The molecule has 0 saturated heterocycles. The second-order valence-electron chi connectivity index (χ2n) is 2.95. The van der Waals surface area contributed by atoms with Crippen LogP contribution in [0.25, 0.3) is 0 Å². The smallest absolute Gasteiger partial charge is 0.0752 e. The highest BCUT2D eigenvalue weighted by Gasteiger charge is 1.96. The average molecular weight is 168 g/mol. The predicted molar refractivity (Wildman–Crippen MR) is 54.3 cm³/mol. The molecule has 0 spiro atoms. The van der Waals surface area contributed by atoms with Gasteiger partial charge < -0.3 is 4.74 Å². The SMILES string of the molecule is C=C(/C=C\[C@H](CC)OC)CCC. The highest BCUT2D eigenvalue weighted by atomic mass is 16.5. The fraction of sp³-hybridized carbons (Fsp3) is 0.636. The van der Waals surface area contributed by atoms with Crippen LogP contribution in [0.5, 0.6) is 0 Å². The van der Waals surface area contributed by atoms with Crippen LogP contribution >= 0.6 is 0 Å². The van der Waals surface area contributed by atoms with Gasteiger partial charge in [-0.1, -0.05) is 44.6 Å². The van der Waals surface area contributed by atoms with Crippen molar-refractivity contribution in [1.82, 2.24) is 0 Å². The molecule has 0 aliphatic heterocycles.